The second kappa shape index (κ2) is 13.6. The van der Waals surface area contributed by atoms with Crippen molar-refractivity contribution >= 4 is 34.2 Å². The van der Waals surface area contributed by atoms with Crippen LogP contribution in [0.25, 0.3) is 11.0 Å². The average molecular weight is 561 g/mol. The highest BCUT2D eigenvalue weighted by molar-refractivity contribution is 7.09. The van der Waals surface area contributed by atoms with Crippen molar-refractivity contribution in [2.24, 2.45) is 5.92 Å². The molecule has 0 unspecified atom stereocenters. The summed E-state index contributed by atoms with van der Waals surface area (Å²) in [5.41, 5.74) is 3.30. The average Bonchev–Trinajstić information content (AvgIpc) is 3.59. The van der Waals surface area contributed by atoms with E-state index in [1.165, 1.54) is 4.88 Å². The zero-order valence-electron chi connectivity index (χ0n) is 24.1. The Bertz CT molecular complexity index is 1410. The number of nitrogens with zero attached hydrogens (tertiary/aromatic N) is 2. The first-order valence-corrected chi connectivity index (χ1v) is 15.0. The predicted octanol–water partition coefficient (Wildman–Crippen LogP) is 6.52. The number of hydrogen-bond acceptors (Lipinski definition) is 5. The summed E-state index contributed by atoms with van der Waals surface area (Å²) in [7, 11) is 1.62. The Labute approximate surface area is 241 Å². The zero-order chi connectivity index (χ0) is 28.6. The molecule has 2 aromatic heterocycles. The van der Waals surface area contributed by atoms with E-state index in [2.05, 4.69) is 46.6 Å². The Balaban J connectivity index is 1.53. The van der Waals surface area contributed by atoms with Crippen molar-refractivity contribution < 1.29 is 14.3 Å². The Morgan fingerprint density at radius 2 is 1.80 bits per heavy atom. The second-order valence-corrected chi connectivity index (χ2v) is 11.6. The molecule has 1 atom stereocenters. The van der Waals surface area contributed by atoms with Crippen LogP contribution in [-0.2, 0) is 17.8 Å². The molecule has 0 bridgehead atoms. The highest BCUT2D eigenvalue weighted by Gasteiger charge is 2.24. The molecule has 0 aliphatic carbocycles. The predicted molar refractivity (Wildman–Crippen MR) is 162 cm³/mol. The summed E-state index contributed by atoms with van der Waals surface area (Å²) >= 11 is 1.73. The van der Waals surface area contributed by atoms with E-state index < -0.39 is 6.04 Å². The van der Waals surface area contributed by atoms with Crippen LogP contribution in [0.5, 0.6) is 5.75 Å². The Kier molecular flexibility index (Phi) is 9.98. The molecule has 0 aliphatic heterocycles. The number of nitrogens with one attached hydrogen (secondary N) is 2. The largest absolute Gasteiger partial charge is 0.497 e. The number of amides is 2. The maximum Gasteiger partial charge on any atom is 0.252 e. The van der Waals surface area contributed by atoms with Gasteiger partial charge in [0.2, 0.25) is 5.91 Å². The topological polar surface area (TPSA) is 85.2 Å². The van der Waals surface area contributed by atoms with Gasteiger partial charge in [-0.25, -0.2) is 4.98 Å². The standard InChI is InChI=1S/C32H40N4O3S/c1-6-24(7-2)36-29-15-12-23(18-27(29)34-30(36)19-26-9-8-16-40-26)31(37)35-28(17-21(3)4)32(38)33-20-22-10-13-25(39-5)14-11-22/h8-16,18,21,24,28H,6-7,17,19-20H2,1-5H3,(H,33,38)(H,35,37)/t28-/m0/s1. The molecule has 0 radical (unpaired) electrons. The minimum Gasteiger partial charge on any atom is -0.497 e. The van der Waals surface area contributed by atoms with Crippen LogP contribution in [0.1, 0.15) is 79.6 Å². The van der Waals surface area contributed by atoms with E-state index in [1.54, 1.807) is 18.4 Å². The van der Waals surface area contributed by atoms with Crippen LogP contribution in [0.3, 0.4) is 0 Å². The van der Waals surface area contributed by atoms with E-state index in [-0.39, 0.29) is 17.7 Å². The van der Waals surface area contributed by atoms with Gasteiger partial charge >= 0.3 is 0 Å². The van der Waals surface area contributed by atoms with Crippen molar-refractivity contribution in [3.05, 3.63) is 81.8 Å². The summed E-state index contributed by atoms with van der Waals surface area (Å²) in [5.74, 6) is 1.54. The number of thiophene rings is 1. The molecule has 2 aromatic carbocycles. The molecule has 40 heavy (non-hydrogen) atoms. The molecular formula is C32H40N4O3S. The number of benzene rings is 2. The molecule has 4 aromatic rings. The van der Waals surface area contributed by atoms with Crippen molar-refractivity contribution in [1.29, 1.82) is 0 Å². The fraction of sp³-hybridized carbons (Fsp3) is 0.406. The molecule has 4 rings (SSSR count). The van der Waals surface area contributed by atoms with Gasteiger partial charge in [0.25, 0.3) is 5.91 Å². The van der Waals surface area contributed by atoms with Crippen molar-refractivity contribution in [2.45, 2.75) is 72.0 Å². The fourth-order valence-electron chi connectivity index (χ4n) is 5.05. The summed E-state index contributed by atoms with van der Waals surface area (Å²) in [6.45, 7) is 8.86. The maximum absolute atomic E-state index is 13.4. The molecule has 0 spiro atoms. The van der Waals surface area contributed by atoms with Gasteiger partial charge in [0.15, 0.2) is 0 Å². The third kappa shape index (κ3) is 7.10. The number of hydrogen-bond donors (Lipinski definition) is 2. The highest BCUT2D eigenvalue weighted by Crippen LogP contribution is 2.28. The molecule has 0 aliphatic rings. The molecule has 2 heterocycles. The lowest BCUT2D eigenvalue weighted by molar-refractivity contribution is -0.123. The molecule has 2 N–H and O–H groups in total. The zero-order valence-corrected chi connectivity index (χ0v) is 24.9. The number of methoxy groups -OCH3 is 1. The van der Waals surface area contributed by atoms with Crippen molar-refractivity contribution in [2.75, 3.05) is 7.11 Å². The summed E-state index contributed by atoms with van der Waals surface area (Å²) in [4.78, 5) is 32.8. The normalized spacial score (nSPS) is 12.2. The SMILES string of the molecule is CCC(CC)n1c(Cc2cccs2)nc2cc(C(=O)N[C@@H](CC(C)C)C(=O)NCc3ccc(OC)cc3)ccc21. The van der Waals surface area contributed by atoms with E-state index in [0.717, 1.165) is 47.4 Å². The Morgan fingerprint density at radius 1 is 1.05 bits per heavy atom. The van der Waals surface area contributed by atoms with Gasteiger partial charge in [-0.2, -0.15) is 0 Å². The van der Waals surface area contributed by atoms with Crippen molar-refractivity contribution in [3.8, 4) is 5.75 Å². The maximum atomic E-state index is 13.4. The molecule has 8 heteroatoms. The molecule has 212 valence electrons. The van der Waals surface area contributed by atoms with Crippen LogP contribution in [-0.4, -0.2) is 34.5 Å². The summed E-state index contributed by atoms with van der Waals surface area (Å²) < 4.78 is 7.54. The number of fused-ring (bicyclic) bond motifs is 1. The van der Waals surface area contributed by atoms with E-state index >= 15 is 0 Å². The lowest BCUT2D eigenvalue weighted by atomic mass is 10.0. The molecule has 0 saturated carbocycles. The van der Waals surface area contributed by atoms with Gasteiger partial charge < -0.3 is 19.9 Å². The first kappa shape index (κ1) is 29.3. The van der Waals surface area contributed by atoms with Gasteiger partial charge in [-0.3, -0.25) is 9.59 Å². The smallest absolute Gasteiger partial charge is 0.252 e. The van der Waals surface area contributed by atoms with Crippen molar-refractivity contribution in [1.82, 2.24) is 20.2 Å². The van der Waals surface area contributed by atoms with E-state index in [0.29, 0.717) is 24.6 Å². The third-order valence-corrected chi connectivity index (χ3v) is 8.08. The fourth-order valence-corrected chi connectivity index (χ4v) is 5.75. The summed E-state index contributed by atoms with van der Waals surface area (Å²) in [6, 6.07) is 17.1. The second-order valence-electron chi connectivity index (χ2n) is 10.5. The molecule has 0 saturated heterocycles. The van der Waals surface area contributed by atoms with Crippen LogP contribution in [0.2, 0.25) is 0 Å². The Morgan fingerprint density at radius 3 is 2.42 bits per heavy atom. The van der Waals surface area contributed by atoms with Gasteiger partial charge in [0.05, 0.1) is 18.1 Å². The van der Waals surface area contributed by atoms with Crippen LogP contribution in [0.15, 0.2) is 60.0 Å². The first-order chi connectivity index (χ1) is 19.3. The van der Waals surface area contributed by atoms with Gasteiger partial charge in [0, 0.05) is 29.4 Å². The number of imidazole rings is 1. The highest BCUT2D eigenvalue weighted by atomic mass is 32.1. The summed E-state index contributed by atoms with van der Waals surface area (Å²) in [6.07, 6.45) is 3.31. The monoisotopic (exact) mass is 560 g/mol. The van der Waals surface area contributed by atoms with Crippen LogP contribution in [0, 0.1) is 5.92 Å². The minimum absolute atomic E-state index is 0.199. The minimum atomic E-state index is -0.641. The number of carbonyl (C=O) groups excluding carboxylic acids is 2. The number of ether oxygens (including phenoxy) is 1. The van der Waals surface area contributed by atoms with Crippen LogP contribution < -0.4 is 15.4 Å². The van der Waals surface area contributed by atoms with Gasteiger partial charge in [-0.05, 0) is 72.5 Å². The molecule has 2 amide bonds. The van der Waals surface area contributed by atoms with E-state index in [9.17, 15) is 9.59 Å². The quantitative estimate of drug-likeness (QED) is 0.195. The molecule has 0 fully saturated rings. The molecular weight excluding hydrogens is 520 g/mol. The number of carbonyl (C=O) groups is 2. The lowest BCUT2D eigenvalue weighted by Crippen LogP contribution is -2.47. The van der Waals surface area contributed by atoms with Gasteiger partial charge in [0.1, 0.15) is 17.6 Å². The third-order valence-electron chi connectivity index (χ3n) is 7.20. The number of rotatable bonds is 13. The lowest BCUT2D eigenvalue weighted by Gasteiger charge is -2.20. The van der Waals surface area contributed by atoms with Crippen molar-refractivity contribution in [3.63, 3.8) is 0 Å². The van der Waals surface area contributed by atoms with Crippen LogP contribution in [0.4, 0.5) is 0 Å². The molecule has 7 nitrogen and oxygen atoms in total. The van der Waals surface area contributed by atoms with Crippen LogP contribution >= 0.6 is 11.3 Å². The summed E-state index contributed by atoms with van der Waals surface area (Å²) in [5, 5.41) is 8.04. The van der Waals surface area contributed by atoms with E-state index in [4.69, 9.17) is 9.72 Å². The van der Waals surface area contributed by atoms with E-state index in [1.807, 2.05) is 56.3 Å². The Hall–Kier alpha value is -3.65. The van der Waals surface area contributed by atoms with Gasteiger partial charge in [-0.15, -0.1) is 11.3 Å². The first-order valence-electron chi connectivity index (χ1n) is 14.1. The number of aromatic nitrogens is 2. The van der Waals surface area contributed by atoms with Gasteiger partial charge in [-0.1, -0.05) is 45.9 Å².